The van der Waals surface area contributed by atoms with Gasteiger partial charge in [-0.1, -0.05) is 62.4 Å². The number of carbonyl (C=O) groups excluding carboxylic acids is 1. The zero-order valence-electron chi connectivity index (χ0n) is 17.8. The van der Waals surface area contributed by atoms with Crippen LogP contribution in [0.15, 0.2) is 83.8 Å². The maximum Gasteiger partial charge on any atom is 0.264 e. The first-order valence-corrected chi connectivity index (χ1v) is 11.4. The summed E-state index contributed by atoms with van der Waals surface area (Å²) >= 11 is 0. The Kier molecular flexibility index (Phi) is 6.97. The second-order valence-corrected chi connectivity index (χ2v) is 9.15. The molecule has 0 atom stereocenters. The van der Waals surface area contributed by atoms with Gasteiger partial charge in [0.05, 0.1) is 17.7 Å². The molecule has 0 spiro atoms. The van der Waals surface area contributed by atoms with Crippen LogP contribution in [0.1, 0.15) is 25.3 Å². The molecule has 3 aromatic carbocycles. The minimum Gasteiger partial charge on any atom is -0.495 e. The minimum atomic E-state index is -4.01. The monoisotopic (exact) mass is 438 g/mol. The lowest BCUT2D eigenvalue weighted by atomic mass is 10.0. The van der Waals surface area contributed by atoms with Crippen LogP contribution < -0.4 is 14.4 Å². The topological polar surface area (TPSA) is 75.7 Å². The summed E-state index contributed by atoms with van der Waals surface area (Å²) in [5.41, 5.74) is 1.94. The highest BCUT2D eigenvalue weighted by molar-refractivity contribution is 7.92. The fraction of sp³-hybridized carbons (Fsp3) is 0.208. The van der Waals surface area contributed by atoms with Crippen molar-refractivity contribution in [1.82, 2.24) is 0 Å². The molecule has 0 saturated carbocycles. The minimum absolute atomic E-state index is 0.0938. The number of anilines is 2. The van der Waals surface area contributed by atoms with Gasteiger partial charge in [0.25, 0.3) is 10.0 Å². The summed E-state index contributed by atoms with van der Waals surface area (Å²) < 4.78 is 33.4. The first kappa shape index (κ1) is 22.4. The summed E-state index contributed by atoms with van der Waals surface area (Å²) in [6.07, 6.45) is 0. The van der Waals surface area contributed by atoms with Crippen LogP contribution >= 0.6 is 0 Å². The number of hydrogen-bond donors (Lipinski definition) is 1. The molecule has 0 aromatic heterocycles. The fourth-order valence-corrected chi connectivity index (χ4v) is 4.74. The molecule has 0 radical (unpaired) electrons. The zero-order valence-corrected chi connectivity index (χ0v) is 18.6. The molecule has 162 valence electrons. The van der Waals surface area contributed by atoms with E-state index in [0.717, 1.165) is 9.87 Å². The van der Waals surface area contributed by atoms with Crippen LogP contribution in [0.5, 0.6) is 5.75 Å². The molecule has 0 fully saturated rings. The molecule has 0 heterocycles. The van der Waals surface area contributed by atoms with Crippen molar-refractivity contribution in [3.63, 3.8) is 0 Å². The summed E-state index contributed by atoms with van der Waals surface area (Å²) in [5, 5.41) is 2.87. The van der Waals surface area contributed by atoms with Crippen molar-refractivity contribution in [3.05, 3.63) is 84.4 Å². The Bertz CT molecular complexity index is 1150. The summed E-state index contributed by atoms with van der Waals surface area (Å²) in [6.45, 7) is 3.67. The third kappa shape index (κ3) is 5.06. The van der Waals surface area contributed by atoms with E-state index in [9.17, 15) is 13.2 Å². The van der Waals surface area contributed by atoms with E-state index in [4.69, 9.17) is 4.74 Å². The molecule has 3 rings (SSSR count). The first-order valence-electron chi connectivity index (χ1n) is 9.94. The molecular weight excluding hydrogens is 412 g/mol. The first-order chi connectivity index (χ1) is 14.8. The average Bonchev–Trinajstić information content (AvgIpc) is 2.78. The van der Waals surface area contributed by atoms with Gasteiger partial charge in [-0.15, -0.1) is 0 Å². The Morgan fingerprint density at radius 3 is 2.23 bits per heavy atom. The van der Waals surface area contributed by atoms with Gasteiger partial charge in [0.2, 0.25) is 5.91 Å². The van der Waals surface area contributed by atoms with Gasteiger partial charge in [0.1, 0.15) is 12.3 Å². The Morgan fingerprint density at radius 1 is 0.935 bits per heavy atom. The van der Waals surface area contributed by atoms with Crippen LogP contribution in [-0.4, -0.2) is 28.0 Å². The van der Waals surface area contributed by atoms with E-state index in [2.05, 4.69) is 5.32 Å². The molecule has 0 bridgehead atoms. The molecule has 0 aliphatic rings. The van der Waals surface area contributed by atoms with Crippen LogP contribution in [0, 0.1) is 0 Å². The van der Waals surface area contributed by atoms with Crippen LogP contribution in [-0.2, 0) is 14.8 Å². The lowest BCUT2D eigenvalue weighted by Gasteiger charge is -2.26. The predicted octanol–water partition coefficient (Wildman–Crippen LogP) is 4.65. The van der Waals surface area contributed by atoms with Crippen molar-refractivity contribution < 1.29 is 17.9 Å². The van der Waals surface area contributed by atoms with Gasteiger partial charge in [0, 0.05) is 5.69 Å². The van der Waals surface area contributed by atoms with E-state index in [1.807, 2.05) is 38.1 Å². The van der Waals surface area contributed by atoms with Crippen molar-refractivity contribution >= 4 is 27.3 Å². The molecule has 6 nitrogen and oxygen atoms in total. The maximum atomic E-state index is 13.5. The SMILES string of the molecule is COc1ccccc1N(CC(=O)Nc1ccccc1C(C)C)S(=O)(=O)c1ccccc1. The van der Waals surface area contributed by atoms with Crippen molar-refractivity contribution in [2.24, 2.45) is 0 Å². The van der Waals surface area contributed by atoms with Crippen molar-refractivity contribution in [2.45, 2.75) is 24.7 Å². The number of amides is 1. The van der Waals surface area contributed by atoms with Gasteiger partial charge in [-0.3, -0.25) is 9.10 Å². The highest BCUT2D eigenvalue weighted by Crippen LogP contribution is 2.32. The molecule has 3 aromatic rings. The quantitative estimate of drug-likeness (QED) is 0.555. The number of para-hydroxylation sites is 3. The molecule has 0 aliphatic heterocycles. The van der Waals surface area contributed by atoms with Crippen LogP contribution in [0.2, 0.25) is 0 Å². The number of sulfonamides is 1. The van der Waals surface area contributed by atoms with Crippen molar-refractivity contribution in [2.75, 3.05) is 23.3 Å². The summed E-state index contributed by atoms with van der Waals surface area (Å²) in [6, 6.07) is 22.3. The Morgan fingerprint density at radius 2 is 1.55 bits per heavy atom. The van der Waals surface area contributed by atoms with E-state index < -0.39 is 22.5 Å². The highest BCUT2D eigenvalue weighted by Gasteiger charge is 2.29. The number of carbonyl (C=O) groups is 1. The molecule has 1 amide bonds. The number of rotatable bonds is 8. The van der Waals surface area contributed by atoms with Crippen LogP contribution in [0.3, 0.4) is 0 Å². The van der Waals surface area contributed by atoms with Gasteiger partial charge in [-0.2, -0.15) is 0 Å². The Balaban J connectivity index is 1.99. The molecule has 7 heteroatoms. The second kappa shape index (κ2) is 9.66. The summed E-state index contributed by atoms with van der Waals surface area (Å²) in [7, 11) is -2.54. The lowest BCUT2D eigenvalue weighted by molar-refractivity contribution is -0.114. The number of hydrogen-bond acceptors (Lipinski definition) is 4. The molecule has 1 N–H and O–H groups in total. The maximum absolute atomic E-state index is 13.5. The zero-order chi connectivity index (χ0) is 22.4. The summed E-state index contributed by atoms with van der Waals surface area (Å²) in [4.78, 5) is 13.1. The molecular formula is C24H26N2O4S. The summed E-state index contributed by atoms with van der Waals surface area (Å²) in [5.74, 6) is 0.116. The number of nitrogens with zero attached hydrogens (tertiary/aromatic N) is 1. The second-order valence-electron chi connectivity index (χ2n) is 7.29. The molecule has 0 aliphatic carbocycles. The molecule has 0 saturated heterocycles. The number of nitrogens with one attached hydrogen (secondary N) is 1. The Hall–Kier alpha value is -3.32. The highest BCUT2D eigenvalue weighted by atomic mass is 32.2. The van der Waals surface area contributed by atoms with E-state index in [1.54, 1.807) is 42.5 Å². The van der Waals surface area contributed by atoms with Crippen LogP contribution in [0.4, 0.5) is 11.4 Å². The van der Waals surface area contributed by atoms with Gasteiger partial charge in [-0.05, 0) is 41.8 Å². The van der Waals surface area contributed by atoms with Crippen molar-refractivity contribution in [1.29, 1.82) is 0 Å². The normalized spacial score (nSPS) is 11.2. The van der Waals surface area contributed by atoms with Crippen molar-refractivity contribution in [3.8, 4) is 5.75 Å². The fourth-order valence-electron chi connectivity index (χ4n) is 3.29. The predicted molar refractivity (Wildman–Crippen MR) is 123 cm³/mol. The van der Waals surface area contributed by atoms with E-state index in [1.165, 1.54) is 19.2 Å². The number of benzene rings is 3. The number of methoxy groups -OCH3 is 1. The molecule has 31 heavy (non-hydrogen) atoms. The van der Waals surface area contributed by atoms with Gasteiger partial charge in [-0.25, -0.2) is 8.42 Å². The van der Waals surface area contributed by atoms with E-state index in [-0.39, 0.29) is 10.8 Å². The Labute approximate surface area is 183 Å². The van der Waals surface area contributed by atoms with E-state index in [0.29, 0.717) is 17.1 Å². The van der Waals surface area contributed by atoms with Gasteiger partial charge < -0.3 is 10.1 Å². The van der Waals surface area contributed by atoms with E-state index >= 15 is 0 Å². The smallest absolute Gasteiger partial charge is 0.264 e. The average molecular weight is 439 g/mol. The standard InChI is InChI=1S/C24H26N2O4S/c1-18(2)20-13-7-8-14-21(20)25-24(27)17-26(22-15-9-10-16-23(22)30-3)31(28,29)19-11-5-4-6-12-19/h4-16,18H,17H2,1-3H3,(H,25,27). The third-order valence-corrected chi connectivity index (χ3v) is 6.60. The van der Waals surface area contributed by atoms with Gasteiger partial charge >= 0.3 is 0 Å². The third-order valence-electron chi connectivity index (χ3n) is 4.83. The largest absolute Gasteiger partial charge is 0.495 e. The number of ether oxygens (including phenoxy) is 1. The van der Waals surface area contributed by atoms with Crippen LogP contribution in [0.25, 0.3) is 0 Å². The molecule has 0 unspecified atom stereocenters. The van der Waals surface area contributed by atoms with Gasteiger partial charge in [0.15, 0.2) is 0 Å². The lowest BCUT2D eigenvalue weighted by Crippen LogP contribution is -2.38.